The van der Waals surface area contributed by atoms with Gasteiger partial charge in [0.15, 0.2) is 0 Å². The minimum absolute atomic E-state index is 0.189. The Labute approximate surface area is 92.1 Å². The third-order valence-electron chi connectivity index (χ3n) is 2.18. The van der Waals surface area contributed by atoms with Crippen LogP contribution in [0.25, 0.3) is 10.8 Å². The molecule has 0 aromatic carbocycles. The summed E-state index contributed by atoms with van der Waals surface area (Å²) in [5, 5.41) is 9.91. The van der Waals surface area contributed by atoms with Gasteiger partial charge in [0, 0.05) is 0 Å². The van der Waals surface area contributed by atoms with Gasteiger partial charge in [-0.15, -0.1) is 21.5 Å². The summed E-state index contributed by atoms with van der Waals surface area (Å²) in [4.78, 5) is 0.977. The molecule has 2 heterocycles. The van der Waals surface area contributed by atoms with Crippen molar-refractivity contribution in [3.63, 3.8) is 0 Å². The van der Waals surface area contributed by atoms with Gasteiger partial charge in [-0.3, -0.25) is 0 Å². The van der Waals surface area contributed by atoms with Crippen LogP contribution in [0.4, 0.5) is 0 Å². The van der Waals surface area contributed by atoms with Crippen molar-refractivity contribution in [3.05, 3.63) is 23.4 Å². The fraction of sp³-hybridized carbons (Fsp3) is 0.400. The molecule has 0 fully saturated rings. The summed E-state index contributed by atoms with van der Waals surface area (Å²) in [5.41, 5.74) is 5.91. The van der Waals surface area contributed by atoms with Crippen LogP contribution in [0.5, 0.6) is 0 Å². The molecule has 2 N–H and O–H groups in total. The highest BCUT2D eigenvalue weighted by atomic mass is 32.1. The predicted octanol–water partition coefficient (Wildman–Crippen LogP) is 2.45. The first-order valence-electron chi connectivity index (χ1n) is 4.81. The van der Waals surface area contributed by atoms with Gasteiger partial charge in [0.1, 0.15) is 0 Å². The van der Waals surface area contributed by atoms with E-state index >= 15 is 0 Å². The van der Waals surface area contributed by atoms with E-state index in [2.05, 4.69) is 10.2 Å². The Kier molecular flexibility index (Phi) is 2.83. The highest BCUT2D eigenvalue weighted by Crippen LogP contribution is 2.25. The molecule has 0 aliphatic rings. The second kappa shape index (κ2) is 4.12. The number of aromatic nitrogens is 2. The molecule has 0 aliphatic heterocycles. The van der Waals surface area contributed by atoms with Crippen molar-refractivity contribution in [3.8, 4) is 10.8 Å². The number of nitrogens with zero attached hydrogens (tertiary/aromatic N) is 2. The fourth-order valence-electron chi connectivity index (χ4n) is 1.15. The number of rotatable bonds is 3. The first-order chi connectivity index (χ1) is 7.18. The first-order valence-corrected chi connectivity index (χ1v) is 5.69. The molecular weight excluding hydrogens is 210 g/mol. The number of thiophene rings is 1. The van der Waals surface area contributed by atoms with Crippen molar-refractivity contribution in [2.45, 2.75) is 19.9 Å². The molecular formula is C10H13N3OS. The Morgan fingerprint density at radius 3 is 2.80 bits per heavy atom. The molecule has 5 heteroatoms. The molecule has 0 bridgehead atoms. The van der Waals surface area contributed by atoms with Gasteiger partial charge in [-0.05, 0) is 17.4 Å². The molecule has 2 aromatic heterocycles. The molecule has 0 amide bonds. The van der Waals surface area contributed by atoms with Crippen LogP contribution in [0, 0.1) is 5.92 Å². The Balaban J connectivity index is 2.25. The molecule has 2 aromatic rings. The van der Waals surface area contributed by atoms with Gasteiger partial charge in [-0.25, -0.2) is 0 Å². The average molecular weight is 223 g/mol. The fourth-order valence-corrected chi connectivity index (χ4v) is 1.80. The minimum atomic E-state index is -0.189. The second-order valence-corrected chi connectivity index (χ2v) is 4.64. The van der Waals surface area contributed by atoms with Gasteiger partial charge in [-0.1, -0.05) is 19.9 Å². The van der Waals surface area contributed by atoms with Gasteiger partial charge in [-0.2, -0.15) is 0 Å². The number of hydrogen-bond donors (Lipinski definition) is 1. The summed E-state index contributed by atoms with van der Waals surface area (Å²) in [6, 6.07) is 3.71. The zero-order valence-electron chi connectivity index (χ0n) is 8.68. The largest absolute Gasteiger partial charge is 0.418 e. The normalized spacial score (nSPS) is 13.3. The second-order valence-electron chi connectivity index (χ2n) is 3.69. The van der Waals surface area contributed by atoms with E-state index in [4.69, 9.17) is 10.2 Å². The first kappa shape index (κ1) is 10.3. The van der Waals surface area contributed by atoms with Crippen LogP contribution in [0.2, 0.25) is 0 Å². The topological polar surface area (TPSA) is 64.9 Å². The third-order valence-corrected chi connectivity index (χ3v) is 3.03. The third kappa shape index (κ3) is 2.08. The van der Waals surface area contributed by atoms with Gasteiger partial charge in [0.2, 0.25) is 5.89 Å². The monoisotopic (exact) mass is 223 g/mol. The summed E-state index contributed by atoms with van der Waals surface area (Å²) in [6.07, 6.45) is 0. The molecule has 0 aliphatic carbocycles. The summed E-state index contributed by atoms with van der Waals surface area (Å²) >= 11 is 1.57. The Morgan fingerprint density at radius 2 is 2.20 bits per heavy atom. The maximum Gasteiger partial charge on any atom is 0.257 e. The van der Waals surface area contributed by atoms with Crippen molar-refractivity contribution >= 4 is 11.3 Å². The number of nitrogens with two attached hydrogens (primary N) is 1. The lowest BCUT2D eigenvalue weighted by molar-refractivity contribution is 0.394. The zero-order chi connectivity index (χ0) is 10.8. The molecule has 0 saturated carbocycles. The highest BCUT2D eigenvalue weighted by Gasteiger charge is 2.18. The van der Waals surface area contributed by atoms with Crippen LogP contribution in [-0.4, -0.2) is 10.2 Å². The molecule has 15 heavy (non-hydrogen) atoms. The lowest BCUT2D eigenvalue weighted by Crippen LogP contribution is -2.16. The molecule has 2 rings (SSSR count). The molecule has 0 radical (unpaired) electrons. The number of hydrogen-bond acceptors (Lipinski definition) is 5. The van der Waals surface area contributed by atoms with Crippen LogP contribution in [0.3, 0.4) is 0 Å². The van der Waals surface area contributed by atoms with E-state index in [1.54, 1.807) is 11.3 Å². The van der Waals surface area contributed by atoms with Crippen molar-refractivity contribution in [2.24, 2.45) is 11.7 Å². The van der Waals surface area contributed by atoms with E-state index < -0.39 is 0 Å². The quantitative estimate of drug-likeness (QED) is 0.868. The van der Waals surface area contributed by atoms with Crippen molar-refractivity contribution in [1.82, 2.24) is 10.2 Å². The molecule has 0 saturated heterocycles. The lowest BCUT2D eigenvalue weighted by Gasteiger charge is -2.09. The molecule has 4 nitrogen and oxygen atoms in total. The van der Waals surface area contributed by atoms with Crippen molar-refractivity contribution < 1.29 is 4.42 Å². The maximum absolute atomic E-state index is 5.91. The van der Waals surface area contributed by atoms with E-state index in [0.717, 1.165) is 4.88 Å². The van der Waals surface area contributed by atoms with Gasteiger partial charge >= 0.3 is 0 Å². The Bertz CT molecular complexity index is 422. The minimum Gasteiger partial charge on any atom is -0.418 e. The van der Waals surface area contributed by atoms with Crippen molar-refractivity contribution in [1.29, 1.82) is 0 Å². The van der Waals surface area contributed by atoms with Crippen LogP contribution >= 0.6 is 11.3 Å². The SMILES string of the molecule is CC(C)C(N)c1nnc(-c2cccs2)o1. The van der Waals surface area contributed by atoms with Gasteiger partial charge < -0.3 is 10.2 Å². The molecule has 80 valence electrons. The Morgan fingerprint density at radius 1 is 1.40 bits per heavy atom. The van der Waals surface area contributed by atoms with Gasteiger partial charge in [0.05, 0.1) is 10.9 Å². The van der Waals surface area contributed by atoms with E-state index in [1.807, 2.05) is 31.4 Å². The van der Waals surface area contributed by atoms with E-state index in [9.17, 15) is 0 Å². The van der Waals surface area contributed by atoms with E-state index in [0.29, 0.717) is 17.7 Å². The summed E-state index contributed by atoms with van der Waals surface area (Å²) < 4.78 is 5.51. The average Bonchev–Trinajstić information content (AvgIpc) is 2.86. The molecule has 1 atom stereocenters. The summed E-state index contributed by atoms with van der Waals surface area (Å²) in [5.74, 6) is 1.35. The zero-order valence-corrected chi connectivity index (χ0v) is 9.49. The van der Waals surface area contributed by atoms with Crippen molar-refractivity contribution in [2.75, 3.05) is 0 Å². The van der Waals surface area contributed by atoms with Crippen LogP contribution in [0.15, 0.2) is 21.9 Å². The lowest BCUT2D eigenvalue weighted by atomic mass is 10.1. The maximum atomic E-state index is 5.91. The highest BCUT2D eigenvalue weighted by molar-refractivity contribution is 7.13. The summed E-state index contributed by atoms with van der Waals surface area (Å²) in [6.45, 7) is 4.05. The molecule has 0 spiro atoms. The van der Waals surface area contributed by atoms with E-state index in [1.165, 1.54) is 0 Å². The molecule has 1 unspecified atom stereocenters. The van der Waals surface area contributed by atoms with E-state index in [-0.39, 0.29) is 6.04 Å². The smallest absolute Gasteiger partial charge is 0.257 e. The van der Waals surface area contributed by atoms with Crippen LogP contribution in [0.1, 0.15) is 25.8 Å². The Hall–Kier alpha value is -1.20. The van der Waals surface area contributed by atoms with Crippen LogP contribution < -0.4 is 5.73 Å². The standard InChI is InChI=1S/C10H13N3OS/c1-6(2)8(11)10-13-12-9(14-10)7-4-3-5-15-7/h3-6,8H,11H2,1-2H3. The van der Waals surface area contributed by atoms with Crippen LogP contribution in [-0.2, 0) is 0 Å². The van der Waals surface area contributed by atoms with Gasteiger partial charge in [0.25, 0.3) is 5.89 Å². The predicted molar refractivity (Wildman–Crippen MR) is 59.4 cm³/mol. The summed E-state index contributed by atoms with van der Waals surface area (Å²) in [7, 11) is 0.